The van der Waals surface area contributed by atoms with Crippen molar-refractivity contribution in [1.82, 2.24) is 29.7 Å². The van der Waals surface area contributed by atoms with Crippen LogP contribution in [-0.2, 0) is 13.1 Å². The van der Waals surface area contributed by atoms with E-state index in [-0.39, 0.29) is 5.91 Å². The fourth-order valence-corrected chi connectivity index (χ4v) is 3.12. The summed E-state index contributed by atoms with van der Waals surface area (Å²) in [6.07, 6.45) is 3.75. The van der Waals surface area contributed by atoms with Gasteiger partial charge in [-0.2, -0.15) is 15.0 Å². The van der Waals surface area contributed by atoms with Crippen LogP contribution in [0.1, 0.15) is 27.3 Å². The van der Waals surface area contributed by atoms with E-state index in [1.54, 1.807) is 25.1 Å². The summed E-state index contributed by atoms with van der Waals surface area (Å²) in [5.41, 5.74) is 3.92. The Labute approximate surface area is 169 Å². The number of amides is 1. The third-order valence-electron chi connectivity index (χ3n) is 4.61. The molecular weight excluding hydrogens is 364 g/mol. The van der Waals surface area contributed by atoms with E-state index in [0.717, 1.165) is 11.3 Å². The van der Waals surface area contributed by atoms with Crippen LogP contribution in [0, 0.1) is 6.92 Å². The van der Waals surface area contributed by atoms with Gasteiger partial charge in [-0.25, -0.2) is 0 Å². The quantitative estimate of drug-likeness (QED) is 0.511. The van der Waals surface area contributed by atoms with Gasteiger partial charge in [0.25, 0.3) is 5.91 Å². The van der Waals surface area contributed by atoms with Crippen LogP contribution in [0.3, 0.4) is 0 Å². The Morgan fingerprint density at radius 1 is 0.966 bits per heavy atom. The number of aromatic nitrogens is 5. The Morgan fingerprint density at radius 2 is 1.66 bits per heavy atom. The molecule has 4 aromatic rings. The fraction of sp³-hybridized carbons (Fsp3) is 0.182. The minimum absolute atomic E-state index is 0.166. The first-order chi connectivity index (χ1) is 14.1. The molecule has 2 aromatic heterocycles. The molecule has 1 amide bonds. The van der Waals surface area contributed by atoms with Gasteiger partial charge in [-0.1, -0.05) is 48.5 Å². The molecule has 0 aliphatic heterocycles. The number of carbonyl (C=O) groups excluding carboxylic acids is 1. The highest BCUT2D eigenvalue weighted by atomic mass is 16.2. The topological polar surface area (TPSA) is 68.8 Å². The highest BCUT2D eigenvalue weighted by Gasteiger charge is 2.20. The number of rotatable bonds is 6. The van der Waals surface area contributed by atoms with Gasteiger partial charge in [-0.05, 0) is 24.6 Å². The molecule has 0 aliphatic carbocycles. The van der Waals surface area contributed by atoms with Crippen molar-refractivity contribution in [3.05, 3.63) is 95.6 Å². The molecule has 2 heterocycles. The first-order valence-electron chi connectivity index (χ1n) is 9.40. The lowest BCUT2D eigenvalue weighted by Crippen LogP contribution is -2.27. The average molecular weight is 386 g/mol. The van der Waals surface area contributed by atoms with Crippen molar-refractivity contribution in [3.63, 3.8) is 0 Å². The maximum Gasteiger partial charge on any atom is 0.276 e. The van der Waals surface area contributed by atoms with Crippen LogP contribution in [0.25, 0.3) is 5.69 Å². The molecule has 7 heteroatoms. The van der Waals surface area contributed by atoms with E-state index < -0.39 is 0 Å². The minimum Gasteiger partial charge on any atom is -0.336 e. The summed E-state index contributed by atoms with van der Waals surface area (Å²) in [7, 11) is 1.76. The average Bonchev–Trinajstić information content (AvgIpc) is 3.35. The molecule has 0 atom stereocenters. The molecule has 146 valence electrons. The summed E-state index contributed by atoms with van der Waals surface area (Å²) in [6.45, 7) is 2.94. The van der Waals surface area contributed by atoms with Crippen LogP contribution in [0.4, 0.5) is 0 Å². The minimum atomic E-state index is -0.166. The molecule has 0 unspecified atom stereocenters. The van der Waals surface area contributed by atoms with Crippen molar-refractivity contribution in [2.24, 2.45) is 0 Å². The van der Waals surface area contributed by atoms with E-state index >= 15 is 0 Å². The molecule has 0 bridgehead atoms. The second-order valence-electron chi connectivity index (χ2n) is 6.95. The van der Waals surface area contributed by atoms with E-state index in [2.05, 4.69) is 27.4 Å². The molecule has 0 N–H and O–H groups in total. The first kappa shape index (κ1) is 18.6. The second-order valence-corrected chi connectivity index (χ2v) is 6.95. The SMILES string of the molecule is Cc1nn(-c2ccccc2)nc1C(=O)N(C)Cc1cnn(Cc2ccccc2)c1. The summed E-state index contributed by atoms with van der Waals surface area (Å²) in [5.74, 6) is -0.166. The highest BCUT2D eigenvalue weighted by molar-refractivity contribution is 5.93. The van der Waals surface area contributed by atoms with Crippen molar-refractivity contribution in [3.8, 4) is 5.69 Å². The second kappa shape index (κ2) is 8.10. The van der Waals surface area contributed by atoms with Gasteiger partial charge in [0.2, 0.25) is 0 Å². The van der Waals surface area contributed by atoms with Gasteiger partial charge in [0.15, 0.2) is 5.69 Å². The van der Waals surface area contributed by atoms with Crippen LogP contribution < -0.4 is 0 Å². The highest BCUT2D eigenvalue weighted by Crippen LogP contribution is 2.12. The first-order valence-corrected chi connectivity index (χ1v) is 9.40. The van der Waals surface area contributed by atoms with Crippen molar-refractivity contribution in [1.29, 1.82) is 0 Å². The van der Waals surface area contributed by atoms with Gasteiger partial charge in [-0.15, -0.1) is 5.10 Å². The molecule has 0 saturated heterocycles. The lowest BCUT2D eigenvalue weighted by Gasteiger charge is -2.14. The third-order valence-corrected chi connectivity index (χ3v) is 4.61. The van der Waals surface area contributed by atoms with E-state index in [0.29, 0.717) is 24.5 Å². The molecule has 0 spiro atoms. The molecule has 4 rings (SSSR count). The van der Waals surface area contributed by atoms with Crippen LogP contribution in [-0.4, -0.2) is 42.6 Å². The van der Waals surface area contributed by atoms with Gasteiger partial charge < -0.3 is 4.90 Å². The Kier molecular flexibility index (Phi) is 5.20. The van der Waals surface area contributed by atoms with Crippen LogP contribution in [0.2, 0.25) is 0 Å². The Balaban J connectivity index is 1.44. The summed E-state index contributed by atoms with van der Waals surface area (Å²) < 4.78 is 1.87. The van der Waals surface area contributed by atoms with E-state index in [4.69, 9.17) is 0 Å². The molecule has 7 nitrogen and oxygen atoms in total. The van der Waals surface area contributed by atoms with E-state index in [1.165, 1.54) is 10.4 Å². The zero-order chi connectivity index (χ0) is 20.2. The summed E-state index contributed by atoms with van der Waals surface area (Å²) in [6, 6.07) is 19.7. The molecular formula is C22H22N6O. The lowest BCUT2D eigenvalue weighted by atomic mass is 10.2. The zero-order valence-electron chi connectivity index (χ0n) is 16.4. The normalized spacial score (nSPS) is 10.8. The van der Waals surface area contributed by atoms with Crippen molar-refractivity contribution in [2.45, 2.75) is 20.0 Å². The third kappa shape index (κ3) is 4.24. The lowest BCUT2D eigenvalue weighted by molar-refractivity contribution is 0.0778. The fourth-order valence-electron chi connectivity index (χ4n) is 3.12. The number of hydrogen-bond donors (Lipinski definition) is 0. The Bertz CT molecular complexity index is 1100. The summed E-state index contributed by atoms with van der Waals surface area (Å²) >= 11 is 0. The molecule has 29 heavy (non-hydrogen) atoms. The standard InChI is InChI=1S/C22H22N6O/c1-17-21(25-28(24-17)20-11-7-4-8-12-20)22(29)26(2)14-19-13-23-27(16-19)15-18-9-5-3-6-10-18/h3-13,16H,14-15H2,1-2H3. The van der Waals surface area contributed by atoms with Gasteiger partial charge in [0.1, 0.15) is 0 Å². The molecule has 0 fully saturated rings. The largest absolute Gasteiger partial charge is 0.336 e. The molecule has 0 saturated carbocycles. The number of aryl methyl sites for hydroxylation is 1. The molecule has 0 radical (unpaired) electrons. The van der Waals surface area contributed by atoms with Gasteiger partial charge >= 0.3 is 0 Å². The molecule has 0 aliphatic rings. The van der Waals surface area contributed by atoms with Gasteiger partial charge in [0.05, 0.1) is 24.1 Å². The number of hydrogen-bond acceptors (Lipinski definition) is 4. The van der Waals surface area contributed by atoms with Gasteiger partial charge in [-0.3, -0.25) is 9.48 Å². The Hall–Kier alpha value is -3.74. The summed E-state index contributed by atoms with van der Waals surface area (Å²) in [4.78, 5) is 16.0. The van der Waals surface area contributed by atoms with E-state index in [1.807, 2.05) is 59.4 Å². The van der Waals surface area contributed by atoms with Crippen molar-refractivity contribution < 1.29 is 4.79 Å². The van der Waals surface area contributed by atoms with E-state index in [9.17, 15) is 4.79 Å². The number of para-hydroxylation sites is 1. The zero-order valence-corrected chi connectivity index (χ0v) is 16.4. The number of carbonyl (C=O) groups is 1. The molecule has 2 aromatic carbocycles. The Morgan fingerprint density at radius 3 is 2.38 bits per heavy atom. The van der Waals surface area contributed by atoms with Crippen LogP contribution >= 0.6 is 0 Å². The number of benzene rings is 2. The maximum atomic E-state index is 12.9. The van der Waals surface area contributed by atoms with Crippen LogP contribution in [0.15, 0.2) is 73.1 Å². The smallest absolute Gasteiger partial charge is 0.276 e. The van der Waals surface area contributed by atoms with Crippen LogP contribution in [0.5, 0.6) is 0 Å². The van der Waals surface area contributed by atoms with Gasteiger partial charge in [0, 0.05) is 25.4 Å². The van der Waals surface area contributed by atoms with Crippen molar-refractivity contribution >= 4 is 5.91 Å². The predicted octanol–water partition coefficient (Wildman–Crippen LogP) is 3.09. The summed E-state index contributed by atoms with van der Waals surface area (Å²) in [5, 5.41) is 13.2. The monoisotopic (exact) mass is 386 g/mol. The maximum absolute atomic E-state index is 12.9. The van der Waals surface area contributed by atoms with Crippen molar-refractivity contribution in [2.75, 3.05) is 7.05 Å². The predicted molar refractivity (Wildman–Crippen MR) is 110 cm³/mol. The number of nitrogens with zero attached hydrogens (tertiary/aromatic N) is 6.